The van der Waals surface area contributed by atoms with Gasteiger partial charge in [-0.25, -0.2) is 0 Å². The lowest BCUT2D eigenvalue weighted by molar-refractivity contribution is -0.154. The van der Waals surface area contributed by atoms with Crippen molar-refractivity contribution in [1.82, 2.24) is 0 Å². The summed E-state index contributed by atoms with van der Waals surface area (Å²) in [6.45, 7) is 9.20. The van der Waals surface area contributed by atoms with E-state index in [0.717, 1.165) is 0 Å². The van der Waals surface area contributed by atoms with Crippen molar-refractivity contribution < 1.29 is 14.3 Å². The van der Waals surface area contributed by atoms with Gasteiger partial charge in [0.05, 0.1) is 6.10 Å². The second-order valence-electron chi connectivity index (χ2n) is 4.61. The Bertz CT molecular complexity index is 218. The van der Waals surface area contributed by atoms with Crippen molar-refractivity contribution in [2.75, 3.05) is 6.61 Å². The highest BCUT2D eigenvalue weighted by molar-refractivity contribution is 14.1. The van der Waals surface area contributed by atoms with E-state index in [1.54, 1.807) is 13.8 Å². The smallest absolute Gasteiger partial charge is 0.325 e. The van der Waals surface area contributed by atoms with E-state index in [4.69, 9.17) is 15.2 Å². The predicted molar refractivity (Wildman–Crippen MR) is 67.9 cm³/mol. The first-order valence-corrected chi connectivity index (χ1v) is 5.93. The fourth-order valence-electron chi connectivity index (χ4n) is 0.891. The summed E-state index contributed by atoms with van der Waals surface area (Å²) in [5.41, 5.74) is 4.63. The third kappa shape index (κ3) is 7.98. The van der Waals surface area contributed by atoms with Crippen LogP contribution in [0.15, 0.2) is 0 Å². The molecule has 90 valence electrons. The van der Waals surface area contributed by atoms with Crippen LogP contribution in [0.5, 0.6) is 0 Å². The lowest BCUT2D eigenvalue weighted by Crippen LogP contribution is -2.44. The van der Waals surface area contributed by atoms with Crippen LogP contribution in [0.4, 0.5) is 0 Å². The highest BCUT2D eigenvalue weighted by Crippen LogP contribution is 2.20. The maximum atomic E-state index is 11.3. The third-order valence-corrected chi connectivity index (χ3v) is 1.71. The van der Waals surface area contributed by atoms with Gasteiger partial charge < -0.3 is 15.2 Å². The highest BCUT2D eigenvalue weighted by Gasteiger charge is 2.25. The molecule has 0 aromatic rings. The predicted octanol–water partition coefficient (Wildman–Crippen LogP) is 1.84. The number of carbonyl (C=O) groups excluding carboxylic acids is 1. The monoisotopic (exact) mass is 329 g/mol. The van der Waals surface area contributed by atoms with Crippen LogP contribution in [0.25, 0.3) is 0 Å². The Labute approximate surface area is 105 Å². The Kier molecular flexibility index (Phi) is 5.49. The van der Waals surface area contributed by atoms with E-state index in [1.807, 2.05) is 20.8 Å². The molecular weight excluding hydrogens is 309 g/mol. The van der Waals surface area contributed by atoms with Gasteiger partial charge in [0.15, 0.2) is 0 Å². The zero-order valence-corrected chi connectivity index (χ0v) is 12.1. The van der Waals surface area contributed by atoms with Gasteiger partial charge in [-0.1, -0.05) is 0 Å². The van der Waals surface area contributed by atoms with Gasteiger partial charge >= 0.3 is 5.97 Å². The molecule has 0 aromatic heterocycles. The van der Waals surface area contributed by atoms with Crippen LogP contribution >= 0.6 is 22.6 Å². The molecule has 0 aliphatic carbocycles. The van der Waals surface area contributed by atoms with Crippen LogP contribution < -0.4 is 5.73 Å². The minimum absolute atomic E-state index is 0.136. The fraction of sp³-hybridized carbons (Fsp3) is 0.900. The Morgan fingerprint density at radius 3 is 2.20 bits per heavy atom. The van der Waals surface area contributed by atoms with Gasteiger partial charge in [0.1, 0.15) is 15.8 Å². The summed E-state index contributed by atoms with van der Waals surface area (Å²) >= 11 is 2.18. The molecule has 0 aromatic carbocycles. The van der Waals surface area contributed by atoms with Gasteiger partial charge in [-0.3, -0.25) is 4.79 Å². The number of hydrogen-bond acceptors (Lipinski definition) is 4. The van der Waals surface area contributed by atoms with Crippen molar-refractivity contribution in [3.63, 3.8) is 0 Å². The lowest BCUT2D eigenvalue weighted by atomic mass is 10.1. The summed E-state index contributed by atoms with van der Waals surface area (Å²) in [5, 5.41) is 0. The van der Waals surface area contributed by atoms with E-state index in [-0.39, 0.29) is 16.3 Å². The maximum Gasteiger partial charge on any atom is 0.325 e. The Morgan fingerprint density at radius 2 is 1.87 bits per heavy atom. The molecule has 0 spiro atoms. The summed E-state index contributed by atoms with van der Waals surface area (Å²) in [5.74, 6) is -0.413. The van der Waals surface area contributed by atoms with Gasteiger partial charge in [0.2, 0.25) is 0 Å². The van der Waals surface area contributed by atoms with Crippen molar-refractivity contribution in [3.8, 4) is 0 Å². The van der Waals surface area contributed by atoms with Crippen molar-refractivity contribution in [1.29, 1.82) is 0 Å². The van der Waals surface area contributed by atoms with Crippen LogP contribution in [0.2, 0.25) is 0 Å². The first kappa shape index (κ1) is 15.1. The summed E-state index contributed by atoms with van der Waals surface area (Å²) in [4.78, 5) is 11.3. The number of nitrogens with two attached hydrogens (primary N) is 1. The molecule has 5 heteroatoms. The quantitative estimate of drug-likeness (QED) is 0.475. The van der Waals surface area contributed by atoms with Gasteiger partial charge in [0.25, 0.3) is 0 Å². The topological polar surface area (TPSA) is 61.5 Å². The normalized spacial score (nSPS) is 14.9. The summed E-state index contributed by atoms with van der Waals surface area (Å²) in [6.07, 6.45) is -0.136. The first-order chi connectivity index (χ1) is 6.52. The van der Waals surface area contributed by atoms with Gasteiger partial charge in [-0.05, 0) is 57.2 Å². The second-order valence-corrected chi connectivity index (χ2v) is 7.21. The standard InChI is InChI=1S/C10H20INO3/c1-7(15-10(4,5)11)6-14-8(13)9(2,3)12/h7H,6,12H2,1-5H3. The summed E-state index contributed by atoms with van der Waals surface area (Å²) < 4.78 is 10.3. The molecule has 1 unspecified atom stereocenters. The largest absolute Gasteiger partial charge is 0.462 e. The van der Waals surface area contributed by atoms with Crippen LogP contribution in [0.1, 0.15) is 34.6 Å². The average molecular weight is 329 g/mol. The van der Waals surface area contributed by atoms with Crippen molar-refractivity contribution in [2.45, 2.75) is 49.9 Å². The van der Waals surface area contributed by atoms with E-state index >= 15 is 0 Å². The highest BCUT2D eigenvalue weighted by atomic mass is 127. The molecule has 0 saturated heterocycles. The zero-order chi connectivity index (χ0) is 12.3. The number of esters is 1. The van der Waals surface area contributed by atoms with Crippen LogP contribution in [0, 0.1) is 0 Å². The first-order valence-electron chi connectivity index (χ1n) is 4.85. The molecule has 0 radical (unpaired) electrons. The van der Waals surface area contributed by atoms with Crippen LogP contribution in [-0.2, 0) is 14.3 Å². The van der Waals surface area contributed by atoms with Gasteiger partial charge in [-0.2, -0.15) is 0 Å². The minimum Gasteiger partial charge on any atom is -0.462 e. The molecule has 0 saturated carbocycles. The molecule has 4 nitrogen and oxygen atoms in total. The second kappa shape index (κ2) is 5.45. The molecule has 15 heavy (non-hydrogen) atoms. The van der Waals surface area contributed by atoms with E-state index < -0.39 is 11.5 Å². The molecule has 1 atom stereocenters. The molecule has 0 amide bonds. The molecule has 0 aliphatic heterocycles. The maximum absolute atomic E-state index is 11.3. The van der Waals surface area contributed by atoms with Gasteiger partial charge in [0, 0.05) is 0 Å². The van der Waals surface area contributed by atoms with E-state index in [9.17, 15) is 4.79 Å². The average Bonchev–Trinajstić information content (AvgIpc) is 1.94. The number of halogens is 1. The zero-order valence-electron chi connectivity index (χ0n) is 9.96. The van der Waals surface area contributed by atoms with E-state index in [0.29, 0.717) is 0 Å². The molecule has 0 aliphatic rings. The van der Waals surface area contributed by atoms with Crippen molar-refractivity contribution in [3.05, 3.63) is 0 Å². The number of alkyl halides is 1. The molecule has 0 rings (SSSR count). The molecule has 0 bridgehead atoms. The Balaban J connectivity index is 3.92. The molecule has 0 fully saturated rings. The Morgan fingerprint density at radius 1 is 1.40 bits per heavy atom. The van der Waals surface area contributed by atoms with Crippen LogP contribution in [0.3, 0.4) is 0 Å². The van der Waals surface area contributed by atoms with E-state index in [1.165, 1.54) is 0 Å². The van der Waals surface area contributed by atoms with Gasteiger partial charge in [-0.15, -0.1) is 0 Å². The lowest BCUT2D eigenvalue weighted by Gasteiger charge is -2.24. The molecule has 2 N–H and O–H groups in total. The third-order valence-electron chi connectivity index (χ3n) is 1.46. The number of ether oxygens (including phenoxy) is 2. The number of rotatable bonds is 5. The SMILES string of the molecule is CC(COC(=O)C(C)(C)N)OC(C)(C)I. The number of carbonyl (C=O) groups is 1. The fourth-order valence-corrected chi connectivity index (χ4v) is 1.33. The summed E-state index contributed by atoms with van der Waals surface area (Å²) in [7, 11) is 0. The molecule has 0 heterocycles. The minimum atomic E-state index is -0.945. The van der Waals surface area contributed by atoms with Crippen LogP contribution in [-0.4, -0.2) is 27.8 Å². The number of hydrogen-bond donors (Lipinski definition) is 1. The summed E-state index contributed by atoms with van der Waals surface area (Å²) in [6, 6.07) is 0. The van der Waals surface area contributed by atoms with Crippen molar-refractivity contribution in [2.24, 2.45) is 5.73 Å². The van der Waals surface area contributed by atoms with Crippen molar-refractivity contribution >= 4 is 28.6 Å². The van der Waals surface area contributed by atoms with E-state index in [2.05, 4.69) is 22.6 Å². The Hall–Kier alpha value is 0.120. The molecular formula is C10H20INO3.